The van der Waals surface area contributed by atoms with Crippen molar-refractivity contribution in [2.75, 3.05) is 18.0 Å². The first-order valence-corrected chi connectivity index (χ1v) is 6.54. The molecular weight excluding hydrogens is 210 g/mol. The van der Waals surface area contributed by atoms with E-state index in [4.69, 9.17) is 5.73 Å². The third kappa shape index (κ3) is 4.00. The Morgan fingerprint density at radius 2 is 2.00 bits per heavy atom. The number of hydrogen-bond acceptors (Lipinski definition) is 3. The second kappa shape index (κ2) is 6.60. The van der Waals surface area contributed by atoms with Crippen LogP contribution in [-0.2, 0) is 0 Å². The molecule has 1 unspecified atom stereocenters. The Kier molecular flexibility index (Phi) is 5.42. The SMILES string of the molecule is CCC(N)c1ccc(N(CC)CC(C)C)cn1. The number of anilines is 1. The first-order chi connectivity index (χ1) is 8.08. The zero-order valence-electron chi connectivity index (χ0n) is 11.5. The fourth-order valence-corrected chi connectivity index (χ4v) is 1.87. The molecule has 1 heterocycles. The van der Waals surface area contributed by atoms with Gasteiger partial charge in [0.25, 0.3) is 0 Å². The number of pyridine rings is 1. The number of rotatable bonds is 6. The van der Waals surface area contributed by atoms with Gasteiger partial charge in [-0.2, -0.15) is 0 Å². The van der Waals surface area contributed by atoms with Gasteiger partial charge in [-0.3, -0.25) is 4.98 Å². The second-order valence-corrected chi connectivity index (χ2v) is 4.89. The van der Waals surface area contributed by atoms with Crippen LogP contribution in [0.4, 0.5) is 5.69 Å². The highest BCUT2D eigenvalue weighted by Gasteiger charge is 2.09. The number of aromatic nitrogens is 1. The summed E-state index contributed by atoms with van der Waals surface area (Å²) in [5, 5.41) is 0. The first kappa shape index (κ1) is 14.0. The lowest BCUT2D eigenvalue weighted by atomic mass is 10.1. The molecular formula is C14H25N3. The molecule has 1 aromatic heterocycles. The standard InChI is InChI=1S/C14H25N3/c1-5-13(15)14-8-7-12(9-16-14)17(6-2)10-11(3)4/h7-9,11,13H,5-6,10,15H2,1-4H3. The van der Waals surface area contributed by atoms with Gasteiger partial charge in [-0.05, 0) is 31.4 Å². The minimum atomic E-state index is 0.0595. The molecule has 0 aliphatic heterocycles. The van der Waals surface area contributed by atoms with Gasteiger partial charge in [0.2, 0.25) is 0 Å². The summed E-state index contributed by atoms with van der Waals surface area (Å²) in [4.78, 5) is 6.81. The number of nitrogens with two attached hydrogens (primary N) is 1. The summed E-state index contributed by atoms with van der Waals surface area (Å²) in [6.07, 6.45) is 2.87. The van der Waals surface area contributed by atoms with Gasteiger partial charge >= 0.3 is 0 Å². The maximum absolute atomic E-state index is 5.96. The Labute approximate surface area is 105 Å². The molecule has 0 saturated heterocycles. The Morgan fingerprint density at radius 3 is 2.41 bits per heavy atom. The maximum Gasteiger partial charge on any atom is 0.0572 e. The Morgan fingerprint density at radius 1 is 1.29 bits per heavy atom. The first-order valence-electron chi connectivity index (χ1n) is 6.54. The molecule has 0 amide bonds. The van der Waals surface area contributed by atoms with Crippen molar-refractivity contribution in [2.45, 2.75) is 40.2 Å². The molecule has 0 saturated carbocycles. The minimum Gasteiger partial charge on any atom is -0.370 e. The summed E-state index contributed by atoms with van der Waals surface area (Å²) in [6, 6.07) is 4.24. The van der Waals surface area contributed by atoms with Gasteiger partial charge in [0, 0.05) is 19.1 Å². The highest BCUT2D eigenvalue weighted by atomic mass is 15.1. The quantitative estimate of drug-likeness (QED) is 0.824. The Balaban J connectivity index is 2.77. The predicted octanol–water partition coefficient (Wildman–Crippen LogP) is 2.97. The van der Waals surface area contributed by atoms with Crippen molar-refractivity contribution in [1.29, 1.82) is 0 Å². The molecule has 0 spiro atoms. The smallest absolute Gasteiger partial charge is 0.0572 e. The molecule has 3 nitrogen and oxygen atoms in total. The highest BCUT2D eigenvalue weighted by Crippen LogP contribution is 2.17. The molecule has 0 aliphatic carbocycles. The van der Waals surface area contributed by atoms with Crippen LogP contribution in [0.1, 0.15) is 45.9 Å². The Bertz CT molecular complexity index is 319. The van der Waals surface area contributed by atoms with Crippen LogP contribution in [0.5, 0.6) is 0 Å². The van der Waals surface area contributed by atoms with Crippen molar-refractivity contribution in [3.8, 4) is 0 Å². The molecule has 0 fully saturated rings. The van der Waals surface area contributed by atoms with Gasteiger partial charge in [-0.1, -0.05) is 20.8 Å². The highest BCUT2D eigenvalue weighted by molar-refractivity contribution is 5.44. The molecule has 0 aromatic carbocycles. The van der Waals surface area contributed by atoms with Gasteiger partial charge in [0.1, 0.15) is 0 Å². The maximum atomic E-state index is 5.96. The molecule has 1 aromatic rings. The van der Waals surface area contributed by atoms with E-state index in [1.54, 1.807) is 0 Å². The zero-order valence-corrected chi connectivity index (χ0v) is 11.5. The zero-order chi connectivity index (χ0) is 12.8. The largest absolute Gasteiger partial charge is 0.370 e. The van der Waals surface area contributed by atoms with E-state index in [1.165, 1.54) is 5.69 Å². The Hall–Kier alpha value is -1.09. The van der Waals surface area contributed by atoms with Crippen LogP contribution in [0.25, 0.3) is 0 Å². The lowest BCUT2D eigenvalue weighted by Crippen LogP contribution is -2.27. The summed E-state index contributed by atoms with van der Waals surface area (Å²) in [5.41, 5.74) is 8.13. The number of hydrogen-bond donors (Lipinski definition) is 1. The third-order valence-corrected chi connectivity index (χ3v) is 2.92. The fourth-order valence-electron chi connectivity index (χ4n) is 1.87. The van der Waals surface area contributed by atoms with E-state index in [0.717, 1.165) is 25.2 Å². The number of nitrogens with zero attached hydrogens (tertiary/aromatic N) is 2. The van der Waals surface area contributed by atoms with Crippen LogP contribution >= 0.6 is 0 Å². The predicted molar refractivity (Wildman–Crippen MR) is 74.2 cm³/mol. The van der Waals surface area contributed by atoms with E-state index in [9.17, 15) is 0 Å². The molecule has 1 atom stereocenters. The van der Waals surface area contributed by atoms with Gasteiger partial charge in [0.15, 0.2) is 0 Å². The summed E-state index contributed by atoms with van der Waals surface area (Å²) in [5.74, 6) is 0.660. The van der Waals surface area contributed by atoms with Crippen LogP contribution in [0, 0.1) is 5.92 Å². The minimum absolute atomic E-state index is 0.0595. The third-order valence-electron chi connectivity index (χ3n) is 2.92. The lowest BCUT2D eigenvalue weighted by Gasteiger charge is -2.25. The van der Waals surface area contributed by atoms with E-state index in [2.05, 4.69) is 43.6 Å². The van der Waals surface area contributed by atoms with Crippen molar-refractivity contribution in [3.05, 3.63) is 24.0 Å². The summed E-state index contributed by atoms with van der Waals surface area (Å²) >= 11 is 0. The molecule has 0 bridgehead atoms. The lowest BCUT2D eigenvalue weighted by molar-refractivity contribution is 0.617. The van der Waals surface area contributed by atoms with Crippen LogP contribution in [0.2, 0.25) is 0 Å². The fraction of sp³-hybridized carbons (Fsp3) is 0.643. The molecule has 17 heavy (non-hydrogen) atoms. The van der Waals surface area contributed by atoms with Gasteiger partial charge in [-0.15, -0.1) is 0 Å². The van der Waals surface area contributed by atoms with E-state index in [0.29, 0.717) is 5.92 Å². The van der Waals surface area contributed by atoms with E-state index in [-0.39, 0.29) is 6.04 Å². The van der Waals surface area contributed by atoms with Crippen molar-refractivity contribution < 1.29 is 0 Å². The summed E-state index contributed by atoms with van der Waals surface area (Å²) < 4.78 is 0. The average Bonchev–Trinajstić information content (AvgIpc) is 2.35. The van der Waals surface area contributed by atoms with Crippen molar-refractivity contribution in [1.82, 2.24) is 4.98 Å². The van der Waals surface area contributed by atoms with Crippen LogP contribution in [0.3, 0.4) is 0 Å². The second-order valence-electron chi connectivity index (χ2n) is 4.89. The van der Waals surface area contributed by atoms with Gasteiger partial charge < -0.3 is 10.6 Å². The topological polar surface area (TPSA) is 42.1 Å². The van der Waals surface area contributed by atoms with Crippen molar-refractivity contribution in [3.63, 3.8) is 0 Å². The molecule has 1 rings (SSSR count). The van der Waals surface area contributed by atoms with Crippen LogP contribution in [-0.4, -0.2) is 18.1 Å². The summed E-state index contributed by atoms with van der Waals surface area (Å²) in [6.45, 7) is 10.8. The normalized spacial score (nSPS) is 12.8. The molecule has 2 N–H and O–H groups in total. The van der Waals surface area contributed by atoms with Gasteiger partial charge in [-0.25, -0.2) is 0 Å². The molecule has 96 valence electrons. The molecule has 3 heteroatoms. The monoisotopic (exact) mass is 235 g/mol. The molecule has 0 aliphatic rings. The van der Waals surface area contributed by atoms with Crippen molar-refractivity contribution >= 4 is 5.69 Å². The average molecular weight is 235 g/mol. The van der Waals surface area contributed by atoms with E-state index >= 15 is 0 Å². The van der Waals surface area contributed by atoms with Crippen LogP contribution < -0.4 is 10.6 Å². The van der Waals surface area contributed by atoms with Crippen molar-refractivity contribution in [2.24, 2.45) is 11.7 Å². The van der Waals surface area contributed by atoms with E-state index in [1.807, 2.05) is 12.3 Å². The summed E-state index contributed by atoms with van der Waals surface area (Å²) in [7, 11) is 0. The van der Waals surface area contributed by atoms with E-state index < -0.39 is 0 Å². The van der Waals surface area contributed by atoms with Gasteiger partial charge in [0.05, 0.1) is 17.6 Å². The molecule has 0 radical (unpaired) electrons. The van der Waals surface area contributed by atoms with Crippen LogP contribution in [0.15, 0.2) is 18.3 Å².